The van der Waals surface area contributed by atoms with Gasteiger partial charge in [0.25, 0.3) is 0 Å². The molecular weight excluding hydrogens is 382 g/mol. The predicted octanol–water partition coefficient (Wildman–Crippen LogP) is 4.02. The van der Waals surface area contributed by atoms with Crippen LogP contribution < -0.4 is 10.1 Å². The molecule has 0 fully saturated rings. The van der Waals surface area contributed by atoms with Gasteiger partial charge in [0.05, 0.1) is 29.5 Å². The number of nitrogens with one attached hydrogen (secondary N) is 1. The van der Waals surface area contributed by atoms with E-state index in [1.165, 1.54) is 0 Å². The van der Waals surface area contributed by atoms with E-state index < -0.39 is 0 Å². The van der Waals surface area contributed by atoms with Gasteiger partial charge in [0, 0.05) is 25.2 Å². The number of guanidine groups is 1. The van der Waals surface area contributed by atoms with Crippen molar-refractivity contribution in [2.24, 2.45) is 4.99 Å². The molecule has 0 aliphatic heterocycles. The van der Waals surface area contributed by atoms with Crippen LogP contribution in [0.1, 0.15) is 28.9 Å². The number of rotatable bonds is 8. The van der Waals surface area contributed by atoms with Crippen LogP contribution in [0, 0.1) is 6.92 Å². The molecule has 1 aromatic carbocycles. The van der Waals surface area contributed by atoms with Crippen LogP contribution in [0.15, 0.2) is 59.0 Å². The first-order valence-corrected chi connectivity index (χ1v) is 10.5. The van der Waals surface area contributed by atoms with Crippen molar-refractivity contribution in [3.8, 4) is 5.75 Å². The number of ether oxygens (including phenoxy) is 1. The lowest BCUT2D eigenvalue weighted by molar-refractivity contribution is 0.301. The Bertz CT molecular complexity index is 926. The van der Waals surface area contributed by atoms with E-state index in [1.807, 2.05) is 50.4 Å². The molecule has 1 N–H and O–H groups in total. The summed E-state index contributed by atoms with van der Waals surface area (Å²) in [6.07, 6.45) is 1.77. The van der Waals surface area contributed by atoms with Crippen LogP contribution in [0.5, 0.6) is 5.75 Å². The van der Waals surface area contributed by atoms with Gasteiger partial charge in [-0.2, -0.15) is 0 Å². The summed E-state index contributed by atoms with van der Waals surface area (Å²) >= 11 is 1.67. The van der Waals surface area contributed by atoms with Gasteiger partial charge >= 0.3 is 0 Å². The Balaban J connectivity index is 1.62. The van der Waals surface area contributed by atoms with Crippen LogP contribution >= 0.6 is 11.3 Å². The molecule has 0 atom stereocenters. The van der Waals surface area contributed by atoms with Crippen LogP contribution in [-0.4, -0.2) is 34.4 Å². The fraction of sp³-hybridized carbons (Fsp3) is 0.318. The second kappa shape index (κ2) is 10.6. The van der Waals surface area contributed by atoms with Crippen molar-refractivity contribution in [3.63, 3.8) is 0 Å². The van der Waals surface area contributed by atoms with Gasteiger partial charge in [0.2, 0.25) is 0 Å². The summed E-state index contributed by atoms with van der Waals surface area (Å²) in [6, 6.07) is 13.9. The van der Waals surface area contributed by atoms with E-state index in [1.54, 1.807) is 17.5 Å². The molecule has 2 aromatic heterocycles. The van der Waals surface area contributed by atoms with Gasteiger partial charge in [0.1, 0.15) is 12.4 Å². The number of thiazole rings is 1. The Hall–Kier alpha value is -2.93. The molecule has 0 amide bonds. The van der Waals surface area contributed by atoms with Crippen molar-refractivity contribution in [1.29, 1.82) is 0 Å². The van der Waals surface area contributed by atoms with E-state index >= 15 is 0 Å². The topological polar surface area (TPSA) is 62.6 Å². The second-order valence-corrected chi connectivity index (χ2v) is 7.70. The maximum atomic E-state index is 5.87. The van der Waals surface area contributed by atoms with Crippen molar-refractivity contribution in [1.82, 2.24) is 20.2 Å². The van der Waals surface area contributed by atoms with Crippen molar-refractivity contribution >= 4 is 17.3 Å². The van der Waals surface area contributed by atoms with Crippen molar-refractivity contribution < 1.29 is 4.74 Å². The number of nitrogens with zero attached hydrogens (tertiary/aromatic N) is 4. The van der Waals surface area contributed by atoms with E-state index in [0.717, 1.165) is 46.8 Å². The number of hydrogen-bond acceptors (Lipinski definition) is 5. The third kappa shape index (κ3) is 6.57. The highest BCUT2D eigenvalue weighted by atomic mass is 32.1. The summed E-state index contributed by atoms with van der Waals surface area (Å²) in [4.78, 5) is 15.7. The number of aromatic nitrogens is 2. The molecule has 0 saturated carbocycles. The van der Waals surface area contributed by atoms with Crippen molar-refractivity contribution in [3.05, 3.63) is 76.0 Å². The Morgan fingerprint density at radius 3 is 2.83 bits per heavy atom. The van der Waals surface area contributed by atoms with E-state index in [9.17, 15) is 0 Å². The molecule has 6 nitrogen and oxygen atoms in total. The highest BCUT2D eigenvalue weighted by molar-refractivity contribution is 7.09. The summed E-state index contributed by atoms with van der Waals surface area (Å²) in [5.74, 6) is 1.68. The second-order valence-electron chi connectivity index (χ2n) is 6.64. The number of aryl methyl sites for hydroxylation is 1. The molecule has 7 heteroatoms. The summed E-state index contributed by atoms with van der Waals surface area (Å²) in [7, 11) is 2.03. The van der Waals surface area contributed by atoms with E-state index in [4.69, 9.17) is 9.73 Å². The van der Waals surface area contributed by atoms with Gasteiger partial charge in [0.15, 0.2) is 5.96 Å². The van der Waals surface area contributed by atoms with Crippen molar-refractivity contribution in [2.45, 2.75) is 33.5 Å². The highest BCUT2D eigenvalue weighted by Gasteiger charge is 2.09. The van der Waals surface area contributed by atoms with Gasteiger partial charge in [-0.15, -0.1) is 11.3 Å². The van der Waals surface area contributed by atoms with Gasteiger partial charge < -0.3 is 15.0 Å². The molecule has 0 aliphatic carbocycles. The molecule has 0 saturated heterocycles. The minimum atomic E-state index is 0.450. The Morgan fingerprint density at radius 2 is 2.10 bits per heavy atom. The Morgan fingerprint density at radius 1 is 1.21 bits per heavy atom. The summed E-state index contributed by atoms with van der Waals surface area (Å²) in [6.45, 7) is 6.66. The van der Waals surface area contributed by atoms with E-state index in [2.05, 4.69) is 38.6 Å². The highest BCUT2D eigenvalue weighted by Crippen LogP contribution is 2.16. The quantitative estimate of drug-likeness (QED) is 0.450. The SMILES string of the molecule is CCNC(=NCc1cccc(OCc2ccccn2)c1)N(C)Cc1csc(C)n1. The first-order chi connectivity index (χ1) is 14.1. The number of benzene rings is 1. The van der Waals surface area contributed by atoms with Crippen LogP contribution in [0.3, 0.4) is 0 Å². The van der Waals surface area contributed by atoms with Gasteiger partial charge in [-0.25, -0.2) is 9.98 Å². The Kier molecular flexibility index (Phi) is 7.58. The van der Waals surface area contributed by atoms with Crippen LogP contribution in [0.2, 0.25) is 0 Å². The molecular formula is C22H27N5OS. The number of aliphatic imine (C=N–C) groups is 1. The third-order valence-corrected chi connectivity index (χ3v) is 5.01. The lowest BCUT2D eigenvalue weighted by atomic mass is 10.2. The molecule has 3 rings (SSSR count). The Labute approximate surface area is 176 Å². The van der Waals surface area contributed by atoms with E-state index in [0.29, 0.717) is 13.2 Å². The van der Waals surface area contributed by atoms with E-state index in [-0.39, 0.29) is 0 Å². The van der Waals surface area contributed by atoms with Gasteiger partial charge in [-0.1, -0.05) is 18.2 Å². The minimum Gasteiger partial charge on any atom is -0.487 e. The minimum absolute atomic E-state index is 0.450. The lowest BCUT2D eigenvalue weighted by Crippen LogP contribution is -2.38. The summed E-state index contributed by atoms with van der Waals surface area (Å²) < 4.78 is 5.87. The maximum absolute atomic E-state index is 5.87. The average molecular weight is 410 g/mol. The molecule has 0 radical (unpaired) electrons. The molecule has 0 aliphatic rings. The molecule has 29 heavy (non-hydrogen) atoms. The fourth-order valence-corrected chi connectivity index (χ4v) is 3.41. The van der Waals surface area contributed by atoms with Gasteiger partial charge in [-0.3, -0.25) is 4.98 Å². The normalized spacial score (nSPS) is 11.3. The zero-order chi connectivity index (χ0) is 20.5. The molecule has 0 bridgehead atoms. The number of hydrogen-bond donors (Lipinski definition) is 1. The van der Waals surface area contributed by atoms with Crippen molar-refractivity contribution in [2.75, 3.05) is 13.6 Å². The lowest BCUT2D eigenvalue weighted by Gasteiger charge is -2.21. The van der Waals surface area contributed by atoms with Crippen LogP contribution in [0.25, 0.3) is 0 Å². The first-order valence-electron chi connectivity index (χ1n) is 9.66. The molecule has 152 valence electrons. The zero-order valence-corrected chi connectivity index (χ0v) is 17.9. The summed E-state index contributed by atoms with van der Waals surface area (Å²) in [5.41, 5.74) is 3.06. The molecule has 2 heterocycles. The monoisotopic (exact) mass is 409 g/mol. The van der Waals surface area contributed by atoms with Crippen LogP contribution in [0.4, 0.5) is 0 Å². The van der Waals surface area contributed by atoms with Crippen LogP contribution in [-0.2, 0) is 19.7 Å². The van der Waals surface area contributed by atoms with Gasteiger partial charge in [-0.05, 0) is 43.7 Å². The average Bonchev–Trinajstić information content (AvgIpc) is 3.15. The predicted molar refractivity (Wildman–Crippen MR) is 118 cm³/mol. The zero-order valence-electron chi connectivity index (χ0n) is 17.1. The summed E-state index contributed by atoms with van der Waals surface area (Å²) in [5, 5.41) is 6.53. The standard InChI is InChI=1S/C22H27N5OS/c1-4-23-22(27(3)14-20-16-29-17(2)26-20)25-13-18-8-7-10-21(12-18)28-15-19-9-5-6-11-24-19/h5-12,16H,4,13-15H2,1-3H3,(H,23,25). The number of pyridine rings is 1. The first kappa shape index (κ1) is 20.8. The maximum Gasteiger partial charge on any atom is 0.194 e. The third-order valence-electron chi connectivity index (χ3n) is 4.18. The molecule has 3 aromatic rings. The largest absolute Gasteiger partial charge is 0.487 e. The smallest absolute Gasteiger partial charge is 0.194 e. The molecule has 0 spiro atoms. The fourth-order valence-electron chi connectivity index (χ4n) is 2.81. The molecule has 0 unspecified atom stereocenters.